The minimum Gasteiger partial charge on any atom is -0.462 e. The van der Waals surface area contributed by atoms with Crippen LogP contribution in [0.3, 0.4) is 0 Å². The summed E-state index contributed by atoms with van der Waals surface area (Å²) in [5, 5.41) is 9.54. The Balaban J connectivity index is 3.61. The zero-order chi connectivity index (χ0) is 37.8. The van der Waals surface area contributed by atoms with E-state index in [1.165, 1.54) is 89.9 Å². The summed E-state index contributed by atoms with van der Waals surface area (Å²) in [4.78, 5) is 24.2. The lowest BCUT2D eigenvalue weighted by Crippen LogP contribution is -2.28. The van der Waals surface area contributed by atoms with Crippen LogP contribution in [0.4, 0.5) is 0 Å². The first-order valence-electron chi connectivity index (χ1n) is 21.1. The number of hydrogen-bond donors (Lipinski definition) is 1. The molecule has 0 aliphatic carbocycles. The summed E-state index contributed by atoms with van der Waals surface area (Å²) in [5.41, 5.74) is 0. The highest BCUT2D eigenvalue weighted by atomic mass is 16.6. The van der Waals surface area contributed by atoms with Gasteiger partial charge in [0.1, 0.15) is 6.61 Å². The smallest absolute Gasteiger partial charge is 0.306 e. The van der Waals surface area contributed by atoms with Crippen LogP contribution in [-0.4, -0.2) is 36.4 Å². The van der Waals surface area contributed by atoms with Gasteiger partial charge in [0.15, 0.2) is 6.10 Å². The fourth-order valence-electron chi connectivity index (χ4n) is 5.51. The van der Waals surface area contributed by atoms with Gasteiger partial charge in [-0.15, -0.1) is 0 Å². The third-order valence-corrected chi connectivity index (χ3v) is 8.69. The molecule has 0 spiro atoms. The number of aliphatic hydroxyl groups excluding tert-OH is 1. The molecular formula is C47H78O5. The van der Waals surface area contributed by atoms with Crippen LogP contribution in [0.2, 0.25) is 0 Å². The van der Waals surface area contributed by atoms with E-state index in [1.807, 2.05) is 12.2 Å². The standard InChI is InChI=1S/C47H78O5/c1-3-5-7-9-11-13-15-17-18-19-20-21-22-23-24-25-26-27-28-30-31-33-35-37-39-41-46(49)51-44-45(43-48)52-47(50)42-40-38-36-34-32-29-16-14-12-10-8-6-4-2/h6,8,12,14-15,17,19-20,22-23,29,32,36,38,45,48H,3-5,7,9-11,13,16,18,21,24-28,30-31,33-35,37,39-44H2,1-2H3/b8-6-,14-12-,17-15-,20-19-,23-22-,32-29-,38-36-. The predicted molar refractivity (Wildman–Crippen MR) is 223 cm³/mol. The molecule has 0 saturated carbocycles. The molecule has 1 N–H and O–H groups in total. The summed E-state index contributed by atoms with van der Waals surface area (Å²) >= 11 is 0. The van der Waals surface area contributed by atoms with Crippen molar-refractivity contribution >= 4 is 11.9 Å². The number of carbonyl (C=O) groups is 2. The van der Waals surface area contributed by atoms with E-state index in [0.717, 1.165) is 57.8 Å². The van der Waals surface area contributed by atoms with Crippen molar-refractivity contribution in [2.75, 3.05) is 13.2 Å². The van der Waals surface area contributed by atoms with Crippen molar-refractivity contribution in [2.24, 2.45) is 0 Å². The van der Waals surface area contributed by atoms with Gasteiger partial charge >= 0.3 is 11.9 Å². The summed E-state index contributed by atoms with van der Waals surface area (Å²) in [6, 6.07) is 0. The summed E-state index contributed by atoms with van der Waals surface area (Å²) in [6.45, 7) is 3.93. The highest BCUT2D eigenvalue weighted by molar-refractivity contribution is 5.70. The van der Waals surface area contributed by atoms with Crippen molar-refractivity contribution in [2.45, 2.75) is 187 Å². The molecule has 0 radical (unpaired) electrons. The molecule has 5 heteroatoms. The van der Waals surface area contributed by atoms with Crippen LogP contribution in [0, 0.1) is 0 Å². The van der Waals surface area contributed by atoms with Crippen LogP contribution in [0.5, 0.6) is 0 Å². The quantitative estimate of drug-likeness (QED) is 0.0393. The number of unbranched alkanes of at least 4 members (excludes halogenated alkanes) is 15. The van der Waals surface area contributed by atoms with E-state index >= 15 is 0 Å². The molecular weight excluding hydrogens is 645 g/mol. The van der Waals surface area contributed by atoms with Crippen LogP contribution in [0.25, 0.3) is 0 Å². The van der Waals surface area contributed by atoms with Crippen molar-refractivity contribution in [3.05, 3.63) is 85.1 Å². The molecule has 0 amide bonds. The van der Waals surface area contributed by atoms with Crippen molar-refractivity contribution < 1.29 is 24.2 Å². The molecule has 0 aromatic rings. The molecule has 0 aliphatic heterocycles. The average Bonchev–Trinajstić information content (AvgIpc) is 3.15. The van der Waals surface area contributed by atoms with Crippen LogP contribution in [-0.2, 0) is 19.1 Å². The van der Waals surface area contributed by atoms with Crippen LogP contribution >= 0.6 is 0 Å². The highest BCUT2D eigenvalue weighted by Gasteiger charge is 2.15. The van der Waals surface area contributed by atoms with E-state index in [1.54, 1.807) is 0 Å². The first kappa shape index (κ1) is 49.1. The maximum absolute atomic E-state index is 12.1. The zero-order valence-corrected chi connectivity index (χ0v) is 33.5. The molecule has 0 saturated heterocycles. The number of hydrogen-bond acceptors (Lipinski definition) is 5. The molecule has 0 aliphatic rings. The number of ether oxygens (including phenoxy) is 2. The highest BCUT2D eigenvalue weighted by Crippen LogP contribution is 2.13. The number of carbonyl (C=O) groups excluding carboxylic acids is 2. The third-order valence-electron chi connectivity index (χ3n) is 8.69. The minimum absolute atomic E-state index is 0.101. The molecule has 1 atom stereocenters. The van der Waals surface area contributed by atoms with E-state index < -0.39 is 12.1 Å². The lowest BCUT2D eigenvalue weighted by Gasteiger charge is -2.15. The summed E-state index contributed by atoms with van der Waals surface area (Å²) in [6.07, 6.45) is 58.1. The Labute approximate surface area is 320 Å². The molecule has 1 unspecified atom stereocenters. The second kappa shape index (κ2) is 42.5. The molecule has 0 bridgehead atoms. The fourth-order valence-corrected chi connectivity index (χ4v) is 5.51. The molecule has 0 aromatic carbocycles. The Morgan fingerprint density at radius 2 is 0.865 bits per heavy atom. The molecule has 0 heterocycles. The van der Waals surface area contributed by atoms with Gasteiger partial charge in [0.2, 0.25) is 0 Å². The van der Waals surface area contributed by atoms with E-state index in [2.05, 4.69) is 86.8 Å². The van der Waals surface area contributed by atoms with Crippen molar-refractivity contribution in [1.82, 2.24) is 0 Å². The maximum atomic E-state index is 12.1. The van der Waals surface area contributed by atoms with Crippen molar-refractivity contribution in [3.8, 4) is 0 Å². The monoisotopic (exact) mass is 723 g/mol. The van der Waals surface area contributed by atoms with Crippen LogP contribution in [0.1, 0.15) is 181 Å². The maximum Gasteiger partial charge on any atom is 0.306 e. The second-order valence-electron chi connectivity index (χ2n) is 13.7. The SMILES string of the molecule is CC/C=C\C/C=C\C/C=C\C/C=C\CCC(=O)OC(CO)COC(=O)CCCCCCCCCCCC/C=C\C/C=C\C/C=C\CCCCCCC. The molecule has 0 rings (SSSR count). The van der Waals surface area contributed by atoms with Gasteiger partial charge < -0.3 is 14.6 Å². The minimum atomic E-state index is -0.815. The van der Waals surface area contributed by atoms with Gasteiger partial charge in [0.25, 0.3) is 0 Å². The lowest BCUT2D eigenvalue weighted by atomic mass is 10.1. The van der Waals surface area contributed by atoms with Crippen molar-refractivity contribution in [1.29, 1.82) is 0 Å². The molecule has 296 valence electrons. The fraction of sp³-hybridized carbons (Fsp3) is 0.660. The van der Waals surface area contributed by atoms with E-state index in [0.29, 0.717) is 12.8 Å². The largest absolute Gasteiger partial charge is 0.462 e. The normalized spacial score (nSPS) is 13.1. The topological polar surface area (TPSA) is 72.8 Å². The van der Waals surface area contributed by atoms with Gasteiger partial charge in [-0.2, -0.15) is 0 Å². The Hall–Kier alpha value is -2.92. The van der Waals surface area contributed by atoms with Crippen LogP contribution in [0.15, 0.2) is 85.1 Å². The molecule has 0 aromatic heterocycles. The first-order chi connectivity index (χ1) is 25.6. The van der Waals surface area contributed by atoms with E-state index in [9.17, 15) is 14.7 Å². The summed E-state index contributed by atoms with van der Waals surface area (Å²) in [7, 11) is 0. The number of esters is 2. The van der Waals surface area contributed by atoms with Gasteiger partial charge in [-0.05, 0) is 77.0 Å². The van der Waals surface area contributed by atoms with Crippen molar-refractivity contribution in [3.63, 3.8) is 0 Å². The summed E-state index contributed by atoms with van der Waals surface area (Å²) < 4.78 is 10.5. The Bertz CT molecular complexity index is 999. The first-order valence-corrected chi connectivity index (χ1v) is 21.1. The Morgan fingerprint density at radius 3 is 1.33 bits per heavy atom. The zero-order valence-electron chi connectivity index (χ0n) is 33.5. The average molecular weight is 723 g/mol. The molecule has 0 fully saturated rings. The molecule has 5 nitrogen and oxygen atoms in total. The summed E-state index contributed by atoms with van der Waals surface area (Å²) in [5.74, 6) is -0.696. The third kappa shape index (κ3) is 39.9. The van der Waals surface area contributed by atoms with Gasteiger partial charge in [-0.3, -0.25) is 9.59 Å². The lowest BCUT2D eigenvalue weighted by molar-refractivity contribution is -0.161. The van der Waals surface area contributed by atoms with Gasteiger partial charge in [-0.25, -0.2) is 0 Å². The molecule has 52 heavy (non-hydrogen) atoms. The number of aliphatic hydroxyl groups is 1. The van der Waals surface area contributed by atoms with Gasteiger partial charge in [0.05, 0.1) is 6.61 Å². The Kier molecular flexibility index (Phi) is 40.1. The number of allylic oxidation sites excluding steroid dienone is 14. The predicted octanol–water partition coefficient (Wildman–Crippen LogP) is 13.5. The van der Waals surface area contributed by atoms with Gasteiger partial charge in [-0.1, -0.05) is 176 Å². The van der Waals surface area contributed by atoms with E-state index in [4.69, 9.17) is 9.47 Å². The van der Waals surface area contributed by atoms with Gasteiger partial charge in [0, 0.05) is 12.8 Å². The Morgan fingerprint density at radius 1 is 0.462 bits per heavy atom. The second-order valence-corrected chi connectivity index (χ2v) is 13.7. The van der Waals surface area contributed by atoms with E-state index in [-0.39, 0.29) is 25.6 Å². The van der Waals surface area contributed by atoms with Crippen LogP contribution < -0.4 is 0 Å². The number of rotatable bonds is 37.